The lowest BCUT2D eigenvalue weighted by atomic mass is 10.2. The molecule has 13 heavy (non-hydrogen) atoms. The first-order chi connectivity index (χ1) is 6.35. The zero-order chi connectivity index (χ0) is 9.94. The minimum atomic E-state index is -1.46. The lowest BCUT2D eigenvalue weighted by Crippen LogP contribution is -2.20. The molecule has 0 bridgehead atoms. The van der Waals surface area contributed by atoms with Gasteiger partial charge in [-0.3, -0.25) is 0 Å². The molecule has 0 atom stereocenters. The molecule has 0 aromatic rings. The summed E-state index contributed by atoms with van der Waals surface area (Å²) in [7, 11) is -1.46. The molecule has 0 N–H and O–H groups in total. The molecular weight excluding hydrogens is 180 g/mol. The standard InChI is InChI=1S/C10H22O2Si/c1-4-7-8-9-10-13(11-5-2)12-6-3/h9-10,13H,4-8H2,1-3H3. The van der Waals surface area contributed by atoms with E-state index in [1.165, 1.54) is 12.8 Å². The number of rotatable bonds is 8. The van der Waals surface area contributed by atoms with Gasteiger partial charge in [0.2, 0.25) is 0 Å². The van der Waals surface area contributed by atoms with Gasteiger partial charge < -0.3 is 8.85 Å². The van der Waals surface area contributed by atoms with Crippen LogP contribution >= 0.6 is 0 Å². The molecule has 0 aliphatic rings. The van der Waals surface area contributed by atoms with Crippen molar-refractivity contribution in [2.75, 3.05) is 13.2 Å². The zero-order valence-corrected chi connectivity index (χ0v) is 10.2. The summed E-state index contributed by atoms with van der Waals surface area (Å²) in [5, 5.41) is 0. The van der Waals surface area contributed by atoms with Gasteiger partial charge in [0.15, 0.2) is 0 Å². The number of hydrogen-bond acceptors (Lipinski definition) is 2. The van der Waals surface area contributed by atoms with E-state index < -0.39 is 9.28 Å². The molecule has 3 heteroatoms. The highest BCUT2D eigenvalue weighted by molar-refractivity contribution is 6.50. The van der Waals surface area contributed by atoms with Crippen LogP contribution < -0.4 is 0 Å². The highest BCUT2D eigenvalue weighted by atomic mass is 28.3. The van der Waals surface area contributed by atoms with Crippen LogP contribution in [0.4, 0.5) is 0 Å². The van der Waals surface area contributed by atoms with Crippen molar-refractivity contribution in [2.45, 2.75) is 40.0 Å². The Hall–Kier alpha value is -0.123. The lowest BCUT2D eigenvalue weighted by Gasteiger charge is -2.09. The zero-order valence-electron chi connectivity index (χ0n) is 9.08. The maximum atomic E-state index is 5.49. The van der Waals surface area contributed by atoms with Crippen LogP contribution in [0.25, 0.3) is 0 Å². The number of unbranched alkanes of at least 4 members (excludes halogenated alkanes) is 2. The topological polar surface area (TPSA) is 18.5 Å². The molecule has 0 unspecified atom stereocenters. The van der Waals surface area contributed by atoms with Gasteiger partial charge in [-0.25, -0.2) is 0 Å². The van der Waals surface area contributed by atoms with Gasteiger partial charge in [-0.1, -0.05) is 25.8 Å². The van der Waals surface area contributed by atoms with E-state index >= 15 is 0 Å². The summed E-state index contributed by atoms with van der Waals surface area (Å²) in [6.45, 7) is 7.75. The molecule has 0 radical (unpaired) electrons. The third kappa shape index (κ3) is 8.21. The Labute approximate surface area is 83.8 Å². The van der Waals surface area contributed by atoms with Crippen molar-refractivity contribution in [2.24, 2.45) is 0 Å². The first kappa shape index (κ1) is 12.9. The Bertz CT molecular complexity index is 120. The van der Waals surface area contributed by atoms with Crippen LogP contribution in [0.1, 0.15) is 40.0 Å². The second kappa shape index (κ2) is 9.96. The van der Waals surface area contributed by atoms with Crippen LogP contribution in [-0.2, 0) is 8.85 Å². The van der Waals surface area contributed by atoms with Crippen LogP contribution in [0.2, 0.25) is 0 Å². The highest BCUT2D eigenvalue weighted by Crippen LogP contribution is 1.98. The highest BCUT2D eigenvalue weighted by Gasteiger charge is 2.05. The summed E-state index contributed by atoms with van der Waals surface area (Å²) in [6, 6.07) is 0. The van der Waals surface area contributed by atoms with Crippen LogP contribution in [0.15, 0.2) is 11.8 Å². The second-order valence-electron chi connectivity index (χ2n) is 2.85. The second-order valence-corrected chi connectivity index (χ2v) is 4.64. The van der Waals surface area contributed by atoms with Crippen LogP contribution in [0, 0.1) is 0 Å². The Kier molecular flexibility index (Phi) is 9.87. The van der Waals surface area contributed by atoms with E-state index in [2.05, 4.69) is 18.7 Å². The first-order valence-electron chi connectivity index (χ1n) is 5.24. The SMILES string of the molecule is CCCCC=C[SiH](OCC)OCC. The van der Waals surface area contributed by atoms with Crippen molar-refractivity contribution in [3.05, 3.63) is 11.8 Å². The van der Waals surface area contributed by atoms with Gasteiger partial charge in [-0.15, -0.1) is 0 Å². The Morgan fingerprint density at radius 2 is 1.69 bits per heavy atom. The van der Waals surface area contributed by atoms with E-state index in [0.717, 1.165) is 19.6 Å². The van der Waals surface area contributed by atoms with Gasteiger partial charge in [-0.2, -0.15) is 0 Å². The van der Waals surface area contributed by atoms with Gasteiger partial charge in [0, 0.05) is 13.2 Å². The average Bonchev–Trinajstić information content (AvgIpc) is 2.13. The van der Waals surface area contributed by atoms with Crippen molar-refractivity contribution in [3.63, 3.8) is 0 Å². The normalized spacial score (nSPS) is 11.7. The fraction of sp³-hybridized carbons (Fsp3) is 0.800. The van der Waals surface area contributed by atoms with Gasteiger partial charge >= 0.3 is 9.28 Å². The van der Waals surface area contributed by atoms with Crippen molar-refractivity contribution >= 4 is 9.28 Å². The third-order valence-electron chi connectivity index (χ3n) is 1.68. The molecule has 2 nitrogen and oxygen atoms in total. The van der Waals surface area contributed by atoms with Crippen LogP contribution in [0.5, 0.6) is 0 Å². The Balaban J connectivity index is 3.58. The third-order valence-corrected chi connectivity index (χ3v) is 3.59. The molecule has 0 aliphatic heterocycles. The van der Waals surface area contributed by atoms with Crippen LogP contribution in [0.3, 0.4) is 0 Å². The molecule has 0 aliphatic carbocycles. The van der Waals surface area contributed by atoms with Crippen LogP contribution in [-0.4, -0.2) is 22.5 Å². The van der Waals surface area contributed by atoms with Gasteiger partial charge in [0.05, 0.1) is 0 Å². The summed E-state index contributed by atoms with van der Waals surface area (Å²) in [4.78, 5) is 0. The van der Waals surface area contributed by atoms with Crippen molar-refractivity contribution in [1.29, 1.82) is 0 Å². The van der Waals surface area contributed by atoms with E-state index in [0.29, 0.717) is 0 Å². The van der Waals surface area contributed by atoms with E-state index in [9.17, 15) is 0 Å². The lowest BCUT2D eigenvalue weighted by molar-refractivity contribution is 0.224. The van der Waals surface area contributed by atoms with E-state index in [4.69, 9.17) is 8.85 Å². The molecule has 0 saturated carbocycles. The predicted molar refractivity (Wildman–Crippen MR) is 59.1 cm³/mol. The smallest absolute Gasteiger partial charge is 0.348 e. The summed E-state index contributed by atoms with van der Waals surface area (Å²) in [6.07, 6.45) is 5.86. The summed E-state index contributed by atoms with van der Waals surface area (Å²) in [5.41, 5.74) is 2.14. The van der Waals surface area contributed by atoms with Crippen molar-refractivity contribution in [3.8, 4) is 0 Å². The summed E-state index contributed by atoms with van der Waals surface area (Å²) < 4.78 is 11.0. The molecule has 0 aromatic carbocycles. The molecule has 0 aromatic heterocycles. The van der Waals surface area contributed by atoms with Gasteiger partial charge in [0.25, 0.3) is 0 Å². The van der Waals surface area contributed by atoms with Gasteiger partial charge in [-0.05, 0) is 26.0 Å². The number of allylic oxidation sites excluding steroid dienone is 1. The van der Waals surface area contributed by atoms with E-state index in [-0.39, 0.29) is 0 Å². The molecule has 0 saturated heterocycles. The molecule has 0 rings (SSSR count). The monoisotopic (exact) mass is 202 g/mol. The summed E-state index contributed by atoms with van der Waals surface area (Å²) in [5.74, 6) is 0. The maximum absolute atomic E-state index is 5.49. The molecule has 0 amide bonds. The van der Waals surface area contributed by atoms with E-state index in [1.54, 1.807) is 0 Å². The minimum absolute atomic E-state index is 0.759. The molecule has 0 fully saturated rings. The molecule has 0 heterocycles. The Morgan fingerprint density at radius 3 is 2.15 bits per heavy atom. The molecular formula is C10H22O2Si. The maximum Gasteiger partial charge on any atom is 0.348 e. The van der Waals surface area contributed by atoms with Crippen molar-refractivity contribution < 1.29 is 8.85 Å². The largest absolute Gasteiger partial charge is 0.394 e. The minimum Gasteiger partial charge on any atom is -0.394 e. The van der Waals surface area contributed by atoms with Gasteiger partial charge in [0.1, 0.15) is 0 Å². The summed E-state index contributed by atoms with van der Waals surface area (Å²) >= 11 is 0. The number of hydrogen-bond donors (Lipinski definition) is 0. The van der Waals surface area contributed by atoms with Crippen molar-refractivity contribution in [1.82, 2.24) is 0 Å². The van der Waals surface area contributed by atoms with E-state index in [1.807, 2.05) is 13.8 Å². The average molecular weight is 202 g/mol. The fourth-order valence-electron chi connectivity index (χ4n) is 1.02. The quantitative estimate of drug-likeness (QED) is 0.445. The molecule has 0 spiro atoms. The Morgan fingerprint density at radius 1 is 1.08 bits per heavy atom. The predicted octanol–water partition coefficient (Wildman–Crippen LogP) is 2.57. The molecule has 78 valence electrons. The first-order valence-corrected chi connectivity index (χ1v) is 6.85. The fourth-order valence-corrected chi connectivity index (χ4v) is 2.41.